The molecule has 2 heterocycles. The third-order valence-corrected chi connectivity index (χ3v) is 4.64. The molecule has 0 spiro atoms. The number of rotatable bonds is 8. The summed E-state index contributed by atoms with van der Waals surface area (Å²) in [5.74, 6) is 2.56. The van der Waals surface area contributed by atoms with Crippen LogP contribution in [0.2, 0.25) is 0 Å². The molecule has 1 amide bonds. The Kier molecular flexibility index (Phi) is 6.49. The lowest BCUT2D eigenvalue weighted by atomic mass is 10.3. The van der Waals surface area contributed by atoms with Crippen LogP contribution in [0.15, 0.2) is 66.7 Å². The number of aromatic nitrogens is 4. The lowest BCUT2D eigenvalue weighted by molar-refractivity contribution is -0.118. The van der Waals surface area contributed by atoms with Crippen LogP contribution in [0.25, 0.3) is 5.82 Å². The Labute approximate surface area is 190 Å². The van der Waals surface area contributed by atoms with Crippen molar-refractivity contribution in [2.24, 2.45) is 0 Å². The minimum Gasteiger partial charge on any atom is -0.497 e. The second-order valence-corrected chi connectivity index (χ2v) is 7.21. The summed E-state index contributed by atoms with van der Waals surface area (Å²) in [7, 11) is 1.59. The Balaban J connectivity index is 1.29. The van der Waals surface area contributed by atoms with E-state index < -0.39 is 0 Å². The Bertz CT molecular complexity index is 1220. The first-order valence-corrected chi connectivity index (χ1v) is 10.2. The first-order chi connectivity index (χ1) is 16.0. The van der Waals surface area contributed by atoms with Gasteiger partial charge in [0.2, 0.25) is 5.88 Å². The zero-order chi connectivity index (χ0) is 23.2. The van der Waals surface area contributed by atoms with Crippen LogP contribution in [0.3, 0.4) is 0 Å². The average Bonchev–Trinajstić information content (AvgIpc) is 3.17. The number of nitrogens with zero attached hydrogens (tertiary/aromatic N) is 4. The van der Waals surface area contributed by atoms with Crippen LogP contribution in [0.1, 0.15) is 11.4 Å². The largest absolute Gasteiger partial charge is 0.497 e. The van der Waals surface area contributed by atoms with E-state index in [2.05, 4.69) is 20.6 Å². The molecule has 2 aromatic heterocycles. The number of benzene rings is 2. The smallest absolute Gasteiger partial charge is 0.262 e. The van der Waals surface area contributed by atoms with Gasteiger partial charge in [0.05, 0.1) is 12.8 Å². The summed E-state index contributed by atoms with van der Waals surface area (Å²) in [6.07, 6.45) is 0. The maximum absolute atomic E-state index is 12.1. The fourth-order valence-electron chi connectivity index (χ4n) is 3.09. The number of hydrogen-bond donors (Lipinski definition) is 1. The molecule has 2 aromatic carbocycles. The molecule has 0 atom stereocenters. The van der Waals surface area contributed by atoms with Gasteiger partial charge in [-0.2, -0.15) is 5.10 Å². The minimum absolute atomic E-state index is 0.109. The van der Waals surface area contributed by atoms with E-state index >= 15 is 0 Å². The molecular weight excluding hydrogens is 422 g/mol. The van der Waals surface area contributed by atoms with Crippen LogP contribution >= 0.6 is 0 Å². The maximum Gasteiger partial charge on any atom is 0.262 e. The maximum atomic E-state index is 12.1. The molecule has 1 N–H and O–H groups in total. The van der Waals surface area contributed by atoms with Crippen LogP contribution in [0, 0.1) is 13.8 Å². The number of methoxy groups -OCH3 is 1. The molecule has 9 heteroatoms. The fourth-order valence-corrected chi connectivity index (χ4v) is 3.09. The van der Waals surface area contributed by atoms with E-state index in [-0.39, 0.29) is 12.5 Å². The normalized spacial score (nSPS) is 10.5. The highest BCUT2D eigenvalue weighted by molar-refractivity contribution is 5.91. The van der Waals surface area contributed by atoms with E-state index in [1.807, 2.05) is 19.9 Å². The molecule has 9 nitrogen and oxygen atoms in total. The van der Waals surface area contributed by atoms with Gasteiger partial charge in [0.25, 0.3) is 5.91 Å². The first kappa shape index (κ1) is 21.8. The van der Waals surface area contributed by atoms with E-state index in [1.165, 1.54) is 0 Å². The average molecular weight is 445 g/mol. The highest BCUT2D eigenvalue weighted by Crippen LogP contribution is 2.22. The predicted molar refractivity (Wildman–Crippen MR) is 122 cm³/mol. The third-order valence-electron chi connectivity index (χ3n) is 4.64. The molecule has 0 unspecified atom stereocenters. The summed E-state index contributed by atoms with van der Waals surface area (Å²) in [6, 6.07) is 19.4. The van der Waals surface area contributed by atoms with Gasteiger partial charge in [0, 0.05) is 17.4 Å². The number of amides is 1. The summed E-state index contributed by atoms with van der Waals surface area (Å²) in [4.78, 5) is 12.1. The second kappa shape index (κ2) is 9.82. The molecule has 0 saturated heterocycles. The van der Waals surface area contributed by atoms with Gasteiger partial charge in [0.1, 0.15) is 17.2 Å². The van der Waals surface area contributed by atoms with Crippen molar-refractivity contribution in [2.45, 2.75) is 13.8 Å². The number of ether oxygens (including phenoxy) is 3. The summed E-state index contributed by atoms with van der Waals surface area (Å²) >= 11 is 0. The lowest BCUT2D eigenvalue weighted by Crippen LogP contribution is -2.20. The number of carbonyl (C=O) groups excluding carboxylic acids is 1. The summed E-state index contributed by atoms with van der Waals surface area (Å²) in [6.45, 7) is 3.77. The van der Waals surface area contributed by atoms with Gasteiger partial charge in [-0.1, -0.05) is 0 Å². The van der Waals surface area contributed by atoms with Crippen molar-refractivity contribution in [1.82, 2.24) is 20.0 Å². The van der Waals surface area contributed by atoms with Crippen molar-refractivity contribution in [2.75, 3.05) is 19.0 Å². The number of carbonyl (C=O) groups is 1. The lowest BCUT2D eigenvalue weighted by Gasteiger charge is -2.09. The Morgan fingerprint density at radius 2 is 1.61 bits per heavy atom. The van der Waals surface area contributed by atoms with E-state index in [1.54, 1.807) is 72.5 Å². The van der Waals surface area contributed by atoms with Crippen molar-refractivity contribution in [3.05, 3.63) is 78.1 Å². The van der Waals surface area contributed by atoms with E-state index in [0.29, 0.717) is 28.9 Å². The van der Waals surface area contributed by atoms with Crippen molar-refractivity contribution in [1.29, 1.82) is 0 Å². The molecule has 0 bridgehead atoms. The molecule has 0 aliphatic carbocycles. The van der Waals surface area contributed by atoms with Crippen molar-refractivity contribution in [3.63, 3.8) is 0 Å². The minimum atomic E-state index is -0.273. The molecule has 0 aliphatic heterocycles. The van der Waals surface area contributed by atoms with Gasteiger partial charge in [0.15, 0.2) is 12.4 Å². The first-order valence-electron chi connectivity index (χ1n) is 10.2. The predicted octanol–water partition coefficient (Wildman–Crippen LogP) is 4.10. The Morgan fingerprint density at radius 3 is 2.21 bits per heavy atom. The zero-order valence-electron chi connectivity index (χ0n) is 18.5. The highest BCUT2D eigenvalue weighted by Gasteiger charge is 2.08. The van der Waals surface area contributed by atoms with Crippen molar-refractivity contribution in [3.8, 4) is 28.9 Å². The molecule has 33 heavy (non-hydrogen) atoms. The third kappa shape index (κ3) is 5.65. The molecule has 4 rings (SSSR count). The summed E-state index contributed by atoms with van der Waals surface area (Å²) in [5.41, 5.74) is 2.51. The van der Waals surface area contributed by atoms with Crippen LogP contribution in [-0.4, -0.2) is 39.6 Å². The van der Waals surface area contributed by atoms with Crippen LogP contribution in [0.5, 0.6) is 23.1 Å². The molecular formula is C24H23N5O4. The van der Waals surface area contributed by atoms with Gasteiger partial charge < -0.3 is 19.5 Å². The standard InChI is InChI=1S/C24H23N5O4/c1-16-14-17(2)29(28-16)22-12-13-24(27-26-22)33-21-6-4-18(5-7-21)25-23(30)15-32-20-10-8-19(31-3)9-11-20/h4-14H,15H2,1-3H3,(H,25,30). The Hall–Kier alpha value is -4.40. The van der Waals surface area contributed by atoms with Gasteiger partial charge >= 0.3 is 0 Å². The van der Waals surface area contributed by atoms with Crippen LogP contribution < -0.4 is 19.5 Å². The van der Waals surface area contributed by atoms with E-state index in [0.717, 1.165) is 17.1 Å². The molecule has 0 aliphatic rings. The second-order valence-electron chi connectivity index (χ2n) is 7.21. The zero-order valence-corrected chi connectivity index (χ0v) is 18.5. The Morgan fingerprint density at radius 1 is 0.909 bits per heavy atom. The van der Waals surface area contributed by atoms with Gasteiger partial charge in [-0.3, -0.25) is 4.79 Å². The molecule has 0 radical (unpaired) electrons. The number of anilines is 1. The van der Waals surface area contributed by atoms with Gasteiger partial charge in [-0.15, -0.1) is 10.2 Å². The molecule has 0 saturated carbocycles. The van der Waals surface area contributed by atoms with Crippen molar-refractivity contribution >= 4 is 11.6 Å². The SMILES string of the molecule is COc1ccc(OCC(=O)Nc2ccc(Oc3ccc(-n4nc(C)cc4C)nn3)cc2)cc1. The van der Waals surface area contributed by atoms with Crippen LogP contribution in [-0.2, 0) is 4.79 Å². The summed E-state index contributed by atoms with van der Waals surface area (Å²) in [5, 5.41) is 15.5. The van der Waals surface area contributed by atoms with Gasteiger partial charge in [-0.25, -0.2) is 4.68 Å². The van der Waals surface area contributed by atoms with E-state index in [4.69, 9.17) is 14.2 Å². The number of aryl methyl sites for hydroxylation is 2. The van der Waals surface area contributed by atoms with Gasteiger partial charge in [-0.05, 0) is 74.5 Å². The number of hydrogen-bond acceptors (Lipinski definition) is 7. The van der Waals surface area contributed by atoms with Crippen molar-refractivity contribution < 1.29 is 19.0 Å². The topological polar surface area (TPSA) is 100 Å². The molecule has 168 valence electrons. The highest BCUT2D eigenvalue weighted by atomic mass is 16.5. The fraction of sp³-hybridized carbons (Fsp3) is 0.167. The molecule has 0 fully saturated rings. The van der Waals surface area contributed by atoms with Crippen LogP contribution in [0.4, 0.5) is 5.69 Å². The number of nitrogens with one attached hydrogen (secondary N) is 1. The quantitative estimate of drug-likeness (QED) is 0.436. The summed E-state index contributed by atoms with van der Waals surface area (Å²) < 4.78 is 18.0. The monoisotopic (exact) mass is 445 g/mol. The molecule has 4 aromatic rings. The van der Waals surface area contributed by atoms with E-state index in [9.17, 15) is 4.79 Å².